The summed E-state index contributed by atoms with van der Waals surface area (Å²) in [7, 11) is 0. The summed E-state index contributed by atoms with van der Waals surface area (Å²) in [4.78, 5) is 25.9. The molecule has 24 heavy (non-hydrogen) atoms. The molecule has 2 aromatic heterocycles. The van der Waals surface area contributed by atoms with E-state index >= 15 is 0 Å². The first-order valence-corrected chi connectivity index (χ1v) is 7.97. The fraction of sp³-hybridized carbons (Fsp3) is 0.263. The van der Waals surface area contributed by atoms with Gasteiger partial charge >= 0.3 is 0 Å². The number of aromatic nitrogens is 3. The molecular formula is C19H18N4O. The lowest BCUT2D eigenvalue weighted by Gasteiger charge is -2.23. The summed E-state index contributed by atoms with van der Waals surface area (Å²) in [5.74, 6) is 0.657. The third-order valence-corrected chi connectivity index (χ3v) is 4.80. The van der Waals surface area contributed by atoms with Crippen LogP contribution in [0.1, 0.15) is 29.3 Å². The Morgan fingerprint density at radius 1 is 1.17 bits per heavy atom. The second-order valence-corrected chi connectivity index (χ2v) is 6.64. The highest BCUT2D eigenvalue weighted by atomic mass is 16.2. The average molecular weight is 318 g/mol. The van der Waals surface area contributed by atoms with E-state index in [-0.39, 0.29) is 5.91 Å². The van der Waals surface area contributed by atoms with Gasteiger partial charge in [-0.1, -0.05) is 6.07 Å². The van der Waals surface area contributed by atoms with Crippen LogP contribution in [0.25, 0.3) is 11.0 Å². The van der Waals surface area contributed by atoms with Gasteiger partial charge in [-0.05, 0) is 56.5 Å². The van der Waals surface area contributed by atoms with Gasteiger partial charge in [0.15, 0.2) is 0 Å². The fourth-order valence-electron chi connectivity index (χ4n) is 3.36. The summed E-state index contributed by atoms with van der Waals surface area (Å²) in [5, 5.41) is 2.89. The van der Waals surface area contributed by atoms with Crippen molar-refractivity contribution in [2.24, 2.45) is 0 Å². The van der Waals surface area contributed by atoms with E-state index in [2.05, 4.69) is 27.2 Å². The summed E-state index contributed by atoms with van der Waals surface area (Å²) in [5.41, 5.74) is 5.19. The summed E-state index contributed by atoms with van der Waals surface area (Å²) < 4.78 is 0. The Morgan fingerprint density at radius 3 is 2.83 bits per heavy atom. The van der Waals surface area contributed by atoms with Crippen molar-refractivity contribution in [2.75, 3.05) is 5.32 Å². The SMILES string of the molecule is Cc1cnc2cc(CC3(C)C(=O)Nc4ncccc43)c(C)cc2n1. The molecular weight excluding hydrogens is 300 g/mol. The molecule has 1 aliphatic rings. The first-order chi connectivity index (χ1) is 11.5. The number of hydrogen-bond acceptors (Lipinski definition) is 4. The number of benzene rings is 1. The zero-order valence-corrected chi connectivity index (χ0v) is 13.9. The summed E-state index contributed by atoms with van der Waals surface area (Å²) in [6.45, 7) is 5.96. The first kappa shape index (κ1) is 14.8. The van der Waals surface area contributed by atoms with Crippen molar-refractivity contribution in [2.45, 2.75) is 32.6 Å². The largest absolute Gasteiger partial charge is 0.310 e. The zero-order valence-electron chi connectivity index (χ0n) is 13.9. The van der Waals surface area contributed by atoms with Crippen molar-refractivity contribution < 1.29 is 4.79 Å². The van der Waals surface area contributed by atoms with Crippen LogP contribution >= 0.6 is 0 Å². The van der Waals surface area contributed by atoms with Crippen molar-refractivity contribution in [1.29, 1.82) is 0 Å². The molecule has 0 fully saturated rings. The number of nitrogens with one attached hydrogen (secondary N) is 1. The Balaban J connectivity index is 1.80. The molecule has 1 unspecified atom stereocenters. The molecule has 4 rings (SSSR count). The average Bonchev–Trinajstić information content (AvgIpc) is 2.80. The van der Waals surface area contributed by atoms with Crippen LogP contribution in [0, 0.1) is 13.8 Å². The van der Waals surface area contributed by atoms with Crippen LogP contribution in [0.4, 0.5) is 5.82 Å². The van der Waals surface area contributed by atoms with Crippen LogP contribution < -0.4 is 5.32 Å². The third kappa shape index (κ3) is 2.16. The number of aryl methyl sites for hydroxylation is 2. The predicted octanol–water partition coefficient (Wildman–Crippen LogP) is 3.09. The van der Waals surface area contributed by atoms with Gasteiger partial charge in [0, 0.05) is 18.0 Å². The van der Waals surface area contributed by atoms with Gasteiger partial charge in [0.25, 0.3) is 0 Å². The maximum absolute atomic E-state index is 12.6. The number of carbonyl (C=O) groups excluding carboxylic acids is 1. The maximum atomic E-state index is 12.6. The Kier molecular flexibility index (Phi) is 3.13. The van der Waals surface area contributed by atoms with Gasteiger partial charge < -0.3 is 5.32 Å². The summed E-state index contributed by atoms with van der Waals surface area (Å²) in [6, 6.07) is 7.94. The molecule has 0 spiro atoms. The van der Waals surface area contributed by atoms with Gasteiger partial charge in [-0.15, -0.1) is 0 Å². The number of hydrogen-bond donors (Lipinski definition) is 1. The minimum absolute atomic E-state index is 0.00862. The van der Waals surface area contributed by atoms with Gasteiger partial charge in [-0.2, -0.15) is 0 Å². The maximum Gasteiger partial charge on any atom is 0.236 e. The van der Waals surface area contributed by atoms with E-state index in [1.54, 1.807) is 12.4 Å². The molecule has 5 nitrogen and oxygen atoms in total. The summed E-state index contributed by atoms with van der Waals surface area (Å²) >= 11 is 0. The lowest BCUT2D eigenvalue weighted by atomic mass is 9.78. The van der Waals surface area contributed by atoms with Crippen LogP contribution in [0.2, 0.25) is 0 Å². The van der Waals surface area contributed by atoms with Crippen molar-refractivity contribution in [3.05, 3.63) is 59.0 Å². The molecule has 5 heteroatoms. The minimum Gasteiger partial charge on any atom is -0.310 e. The van der Waals surface area contributed by atoms with Gasteiger partial charge in [-0.25, -0.2) is 9.97 Å². The lowest BCUT2D eigenvalue weighted by molar-refractivity contribution is -0.120. The van der Waals surface area contributed by atoms with E-state index in [1.165, 1.54) is 0 Å². The number of rotatable bonds is 2. The van der Waals surface area contributed by atoms with Crippen LogP contribution in [-0.4, -0.2) is 20.9 Å². The number of amides is 1. The molecule has 0 saturated heterocycles. The normalized spacial score (nSPS) is 19.4. The minimum atomic E-state index is -0.625. The Morgan fingerprint density at radius 2 is 2.00 bits per heavy atom. The third-order valence-electron chi connectivity index (χ3n) is 4.80. The molecule has 120 valence electrons. The van der Waals surface area contributed by atoms with Crippen molar-refractivity contribution in [3.63, 3.8) is 0 Å². The Hall–Kier alpha value is -2.82. The van der Waals surface area contributed by atoms with Crippen molar-refractivity contribution >= 4 is 22.8 Å². The topological polar surface area (TPSA) is 67.8 Å². The molecule has 3 aromatic rings. The second kappa shape index (κ2) is 5.09. The highest BCUT2D eigenvalue weighted by molar-refractivity contribution is 6.05. The Labute approximate surface area is 140 Å². The van der Waals surface area contributed by atoms with E-state index in [1.807, 2.05) is 38.1 Å². The van der Waals surface area contributed by atoms with Crippen molar-refractivity contribution in [3.8, 4) is 0 Å². The monoisotopic (exact) mass is 318 g/mol. The Bertz CT molecular complexity index is 982. The van der Waals surface area contributed by atoms with Gasteiger partial charge in [-0.3, -0.25) is 9.78 Å². The molecule has 1 aliphatic heterocycles. The molecule has 0 radical (unpaired) electrons. The van der Waals surface area contributed by atoms with Gasteiger partial charge in [0.2, 0.25) is 5.91 Å². The number of anilines is 1. The fourth-order valence-corrected chi connectivity index (χ4v) is 3.36. The zero-order chi connectivity index (χ0) is 16.9. The van der Waals surface area contributed by atoms with Gasteiger partial charge in [0.1, 0.15) is 5.82 Å². The second-order valence-electron chi connectivity index (χ2n) is 6.64. The van der Waals surface area contributed by atoms with Crippen LogP contribution in [-0.2, 0) is 16.6 Å². The molecule has 0 bridgehead atoms. The van der Waals surface area contributed by atoms with E-state index < -0.39 is 5.41 Å². The van der Waals surface area contributed by atoms with E-state index in [4.69, 9.17) is 0 Å². The highest BCUT2D eigenvalue weighted by Crippen LogP contribution is 2.39. The smallest absolute Gasteiger partial charge is 0.236 e. The molecule has 0 saturated carbocycles. The van der Waals surface area contributed by atoms with E-state index in [0.717, 1.165) is 33.4 Å². The lowest BCUT2D eigenvalue weighted by Crippen LogP contribution is -2.33. The van der Waals surface area contributed by atoms with E-state index in [9.17, 15) is 4.79 Å². The van der Waals surface area contributed by atoms with E-state index in [0.29, 0.717) is 12.2 Å². The van der Waals surface area contributed by atoms with Crippen molar-refractivity contribution in [1.82, 2.24) is 15.0 Å². The molecule has 0 aliphatic carbocycles. The standard InChI is InChI=1S/C19H18N4O/c1-11-7-16-15(21-10-12(2)22-16)8-13(11)9-19(3)14-5-4-6-20-17(14)23-18(19)24/h4-8,10H,9H2,1-3H3,(H,20,23,24). The molecule has 1 amide bonds. The highest BCUT2D eigenvalue weighted by Gasteiger charge is 2.43. The molecule has 3 heterocycles. The molecule has 1 aromatic carbocycles. The number of carbonyl (C=O) groups is 1. The molecule has 1 atom stereocenters. The molecule has 1 N–H and O–H groups in total. The van der Waals surface area contributed by atoms with Crippen LogP contribution in [0.15, 0.2) is 36.7 Å². The number of fused-ring (bicyclic) bond motifs is 2. The quantitative estimate of drug-likeness (QED) is 0.788. The number of nitrogens with zero attached hydrogens (tertiary/aromatic N) is 3. The first-order valence-electron chi connectivity index (χ1n) is 7.97. The van der Waals surface area contributed by atoms with Crippen LogP contribution in [0.5, 0.6) is 0 Å². The van der Waals surface area contributed by atoms with Crippen LogP contribution in [0.3, 0.4) is 0 Å². The number of pyridine rings is 1. The summed E-state index contributed by atoms with van der Waals surface area (Å²) in [6.07, 6.45) is 4.07. The predicted molar refractivity (Wildman–Crippen MR) is 92.9 cm³/mol. The van der Waals surface area contributed by atoms with Gasteiger partial charge in [0.05, 0.1) is 22.1 Å².